The van der Waals surface area contributed by atoms with E-state index >= 15 is 0 Å². The molecular weight excluding hydrogens is 222 g/mol. The minimum Gasteiger partial charge on any atom is -0.378 e. The second-order valence-corrected chi connectivity index (χ2v) is 5.18. The molecule has 0 aromatic carbocycles. The quantitative estimate of drug-likeness (QED) is 0.690. The molecule has 0 aromatic rings. The molecule has 1 unspecified atom stereocenters. The third-order valence-corrected chi connectivity index (χ3v) is 3.98. The molecule has 2 rings (SSSR count). The van der Waals surface area contributed by atoms with E-state index in [1.165, 1.54) is 4.91 Å². The predicted octanol–water partition coefficient (Wildman–Crippen LogP) is 1.21. The summed E-state index contributed by atoms with van der Waals surface area (Å²) in [4.78, 5) is 10.6. The molecule has 16 heavy (non-hydrogen) atoms. The van der Waals surface area contributed by atoms with Gasteiger partial charge in [0.05, 0.1) is 13.2 Å². The van der Waals surface area contributed by atoms with E-state index in [-0.39, 0.29) is 6.17 Å². The molecule has 2 heterocycles. The van der Waals surface area contributed by atoms with Gasteiger partial charge in [-0.1, -0.05) is 17.8 Å². The van der Waals surface area contributed by atoms with Gasteiger partial charge < -0.3 is 9.64 Å². The first-order chi connectivity index (χ1) is 7.72. The van der Waals surface area contributed by atoms with Crippen LogP contribution in [0.15, 0.2) is 16.0 Å². The van der Waals surface area contributed by atoms with E-state index in [1.54, 1.807) is 11.8 Å². The van der Waals surface area contributed by atoms with Crippen LogP contribution in [0.1, 0.15) is 6.92 Å². The van der Waals surface area contributed by atoms with E-state index < -0.39 is 0 Å². The number of hydrogen-bond donors (Lipinski definition) is 0. The Bertz CT molecular complexity index is 308. The van der Waals surface area contributed by atoms with Crippen LogP contribution in [0.5, 0.6) is 0 Å². The highest BCUT2D eigenvalue weighted by molar-refractivity contribution is 8.17. The van der Waals surface area contributed by atoms with Gasteiger partial charge in [0, 0.05) is 18.0 Å². The molecule has 0 amide bonds. The number of ether oxygens (including phenoxy) is 1. The average molecular weight is 241 g/mol. The largest absolute Gasteiger partial charge is 0.378 e. The maximum absolute atomic E-state index is 5.36. The van der Waals surface area contributed by atoms with E-state index in [0.29, 0.717) is 0 Å². The van der Waals surface area contributed by atoms with Crippen molar-refractivity contribution in [1.82, 2.24) is 9.80 Å². The zero-order valence-corrected chi connectivity index (χ0v) is 11.0. The van der Waals surface area contributed by atoms with Gasteiger partial charge in [0.15, 0.2) is 5.17 Å². The summed E-state index contributed by atoms with van der Waals surface area (Å²) in [6.45, 7) is 5.64. The second kappa shape index (κ2) is 5.21. The predicted molar refractivity (Wildman–Crippen MR) is 68.7 cm³/mol. The molecule has 0 bridgehead atoms. The van der Waals surface area contributed by atoms with Crippen molar-refractivity contribution in [2.45, 2.75) is 13.1 Å². The summed E-state index contributed by atoms with van der Waals surface area (Å²) < 4.78 is 5.36. The molecule has 1 atom stereocenters. The highest BCUT2D eigenvalue weighted by Crippen LogP contribution is 2.33. The number of aliphatic imine (C=N–C) groups is 1. The van der Waals surface area contributed by atoms with Gasteiger partial charge in [0.25, 0.3) is 0 Å². The summed E-state index contributed by atoms with van der Waals surface area (Å²) in [5.41, 5.74) is 0. The van der Waals surface area contributed by atoms with E-state index in [2.05, 4.69) is 36.9 Å². The van der Waals surface area contributed by atoms with E-state index in [0.717, 1.165) is 31.5 Å². The Morgan fingerprint density at radius 1 is 1.44 bits per heavy atom. The normalized spacial score (nSPS) is 29.0. The van der Waals surface area contributed by atoms with Crippen LogP contribution in [0.2, 0.25) is 0 Å². The number of allylic oxidation sites excluding steroid dienone is 1. The lowest BCUT2D eigenvalue weighted by Crippen LogP contribution is -2.39. The maximum Gasteiger partial charge on any atom is 0.166 e. The van der Waals surface area contributed by atoms with Crippen LogP contribution in [-0.2, 0) is 4.74 Å². The van der Waals surface area contributed by atoms with Crippen molar-refractivity contribution in [3.05, 3.63) is 11.0 Å². The molecule has 2 aliphatic heterocycles. The van der Waals surface area contributed by atoms with E-state index in [9.17, 15) is 0 Å². The van der Waals surface area contributed by atoms with Gasteiger partial charge in [0.1, 0.15) is 6.17 Å². The standard InChI is InChI=1S/C11H19N3OS/c1-4-9-10(13(2)3)12-11(16-9)14-5-7-15-8-6-14/h4,10H,5-8H2,1-3H3/b9-4+. The van der Waals surface area contributed by atoms with Gasteiger partial charge in [-0.15, -0.1) is 0 Å². The number of hydrogen-bond acceptors (Lipinski definition) is 5. The van der Waals surface area contributed by atoms with Crippen molar-refractivity contribution in [2.75, 3.05) is 40.4 Å². The number of morpholine rings is 1. The molecule has 0 saturated carbocycles. The van der Waals surface area contributed by atoms with Crippen LogP contribution < -0.4 is 0 Å². The first-order valence-electron chi connectivity index (χ1n) is 5.63. The van der Waals surface area contributed by atoms with Crippen molar-refractivity contribution in [3.8, 4) is 0 Å². The smallest absolute Gasteiger partial charge is 0.166 e. The lowest BCUT2D eigenvalue weighted by Gasteiger charge is -2.27. The Kier molecular flexibility index (Phi) is 3.89. The third-order valence-electron chi connectivity index (χ3n) is 2.75. The summed E-state index contributed by atoms with van der Waals surface area (Å²) in [5.74, 6) is 0. The summed E-state index contributed by atoms with van der Waals surface area (Å²) in [7, 11) is 4.14. The third kappa shape index (κ3) is 2.42. The highest BCUT2D eigenvalue weighted by atomic mass is 32.2. The number of likely N-dealkylation sites (N-methyl/N-ethyl adjacent to an activating group) is 1. The fraction of sp³-hybridized carbons (Fsp3) is 0.727. The van der Waals surface area contributed by atoms with E-state index in [4.69, 9.17) is 9.73 Å². The molecule has 0 aliphatic carbocycles. The Hall–Kier alpha value is -0.520. The SMILES string of the molecule is C/C=C1/SC(N2CCOCC2)=NC1N(C)C. The van der Waals surface area contributed by atoms with Crippen molar-refractivity contribution < 1.29 is 4.74 Å². The van der Waals surface area contributed by atoms with Crippen molar-refractivity contribution >= 4 is 16.9 Å². The fourth-order valence-corrected chi connectivity index (χ4v) is 2.99. The lowest BCUT2D eigenvalue weighted by atomic mass is 10.4. The summed E-state index contributed by atoms with van der Waals surface area (Å²) in [5, 5.41) is 1.15. The molecule has 0 radical (unpaired) electrons. The van der Waals surface area contributed by atoms with E-state index in [1.807, 2.05) is 0 Å². The zero-order chi connectivity index (χ0) is 11.5. The molecular formula is C11H19N3OS. The van der Waals surface area contributed by atoms with Gasteiger partial charge in [-0.05, 0) is 21.0 Å². The Morgan fingerprint density at radius 2 is 2.12 bits per heavy atom. The van der Waals surface area contributed by atoms with Crippen molar-refractivity contribution in [1.29, 1.82) is 0 Å². The van der Waals surface area contributed by atoms with Crippen LogP contribution in [0.25, 0.3) is 0 Å². The monoisotopic (exact) mass is 241 g/mol. The molecule has 0 N–H and O–H groups in total. The summed E-state index contributed by atoms with van der Waals surface area (Å²) in [6, 6.07) is 0. The first kappa shape index (κ1) is 12.0. The van der Waals surface area contributed by atoms with Gasteiger partial charge in [0.2, 0.25) is 0 Å². The molecule has 1 saturated heterocycles. The summed E-state index contributed by atoms with van der Waals surface area (Å²) >= 11 is 1.79. The van der Waals surface area contributed by atoms with Crippen LogP contribution in [0, 0.1) is 0 Å². The van der Waals surface area contributed by atoms with Crippen LogP contribution >= 0.6 is 11.8 Å². The molecule has 90 valence electrons. The van der Waals surface area contributed by atoms with Crippen LogP contribution in [-0.4, -0.2) is 61.5 Å². The molecule has 1 fully saturated rings. The number of nitrogens with zero attached hydrogens (tertiary/aromatic N) is 3. The van der Waals surface area contributed by atoms with Crippen molar-refractivity contribution in [2.24, 2.45) is 4.99 Å². The molecule has 5 heteroatoms. The number of amidine groups is 1. The highest BCUT2D eigenvalue weighted by Gasteiger charge is 2.29. The maximum atomic E-state index is 5.36. The van der Waals surface area contributed by atoms with Gasteiger partial charge in [-0.3, -0.25) is 4.90 Å². The Labute approximate surface area is 101 Å². The zero-order valence-electron chi connectivity index (χ0n) is 10.1. The number of rotatable bonds is 1. The number of thioether (sulfide) groups is 1. The lowest BCUT2D eigenvalue weighted by molar-refractivity contribution is 0.0691. The first-order valence-corrected chi connectivity index (χ1v) is 6.45. The minimum atomic E-state index is 0.202. The minimum absolute atomic E-state index is 0.202. The van der Waals surface area contributed by atoms with Crippen LogP contribution in [0.3, 0.4) is 0 Å². The average Bonchev–Trinajstić information content (AvgIpc) is 2.74. The summed E-state index contributed by atoms with van der Waals surface area (Å²) in [6.07, 6.45) is 2.36. The van der Waals surface area contributed by atoms with Gasteiger partial charge >= 0.3 is 0 Å². The van der Waals surface area contributed by atoms with Crippen LogP contribution in [0.4, 0.5) is 0 Å². The Balaban J connectivity index is 2.08. The van der Waals surface area contributed by atoms with Crippen molar-refractivity contribution in [3.63, 3.8) is 0 Å². The molecule has 0 aromatic heterocycles. The van der Waals surface area contributed by atoms with Gasteiger partial charge in [-0.2, -0.15) is 0 Å². The molecule has 0 spiro atoms. The molecule has 2 aliphatic rings. The molecule has 4 nitrogen and oxygen atoms in total. The van der Waals surface area contributed by atoms with Gasteiger partial charge in [-0.25, -0.2) is 4.99 Å². The second-order valence-electron chi connectivity index (χ2n) is 4.14. The Morgan fingerprint density at radius 3 is 2.62 bits per heavy atom. The fourth-order valence-electron chi connectivity index (χ4n) is 1.83. The topological polar surface area (TPSA) is 28.1 Å².